The Bertz CT molecular complexity index is 1110. The van der Waals surface area contributed by atoms with Crippen molar-refractivity contribution in [2.24, 2.45) is 11.7 Å². The van der Waals surface area contributed by atoms with Crippen molar-refractivity contribution in [3.05, 3.63) is 35.6 Å². The molecule has 27 heavy (non-hydrogen) atoms. The van der Waals surface area contributed by atoms with Gasteiger partial charge < -0.3 is 5.73 Å². The van der Waals surface area contributed by atoms with Gasteiger partial charge in [-0.3, -0.25) is 9.78 Å². The third-order valence-electron chi connectivity index (χ3n) is 4.51. The fourth-order valence-electron chi connectivity index (χ4n) is 3.28. The van der Waals surface area contributed by atoms with E-state index < -0.39 is 43.5 Å². The predicted octanol–water partition coefficient (Wildman–Crippen LogP) is 0.797. The highest BCUT2D eigenvalue weighted by Crippen LogP contribution is 2.34. The number of fused-ring (bicyclic) bond motifs is 1. The van der Waals surface area contributed by atoms with Gasteiger partial charge >= 0.3 is 0 Å². The van der Waals surface area contributed by atoms with Crippen LogP contribution in [0.5, 0.6) is 0 Å². The van der Waals surface area contributed by atoms with Crippen molar-refractivity contribution in [1.29, 1.82) is 0 Å². The number of pyridine rings is 1. The molecule has 1 unspecified atom stereocenters. The van der Waals surface area contributed by atoms with E-state index in [9.17, 15) is 21.6 Å². The molecular formula is C16H18ClN3O5S2. The molecule has 2 aromatic rings. The maximum Gasteiger partial charge on any atom is 0.245 e. The van der Waals surface area contributed by atoms with Crippen LogP contribution in [-0.2, 0) is 24.7 Å². The molecule has 0 aliphatic carbocycles. The molecule has 146 valence electrons. The van der Waals surface area contributed by atoms with Crippen molar-refractivity contribution >= 4 is 48.0 Å². The zero-order valence-corrected chi connectivity index (χ0v) is 16.8. The SMILES string of the molecule is CS(=O)(=O)CC(=O)C1CCN(S(=O)(=O)c2cccc3cncc(Cl)c23)[C@H]1N. The summed E-state index contributed by atoms with van der Waals surface area (Å²) in [5.74, 6) is -2.12. The Balaban J connectivity index is 1.99. The molecule has 3 rings (SSSR count). The van der Waals surface area contributed by atoms with Crippen LogP contribution in [0.25, 0.3) is 10.8 Å². The topological polar surface area (TPSA) is 128 Å². The monoisotopic (exact) mass is 431 g/mol. The van der Waals surface area contributed by atoms with E-state index >= 15 is 0 Å². The van der Waals surface area contributed by atoms with Gasteiger partial charge in [0.15, 0.2) is 15.6 Å². The van der Waals surface area contributed by atoms with Crippen molar-refractivity contribution < 1.29 is 21.6 Å². The largest absolute Gasteiger partial charge is 0.314 e. The molecule has 1 aromatic heterocycles. The van der Waals surface area contributed by atoms with E-state index in [0.29, 0.717) is 10.8 Å². The summed E-state index contributed by atoms with van der Waals surface area (Å²) in [4.78, 5) is 16.2. The van der Waals surface area contributed by atoms with Crippen LogP contribution in [0.15, 0.2) is 35.5 Å². The van der Waals surface area contributed by atoms with Gasteiger partial charge in [-0.25, -0.2) is 16.8 Å². The number of hydrogen-bond donors (Lipinski definition) is 1. The molecule has 0 bridgehead atoms. The number of carbonyl (C=O) groups is 1. The first-order valence-electron chi connectivity index (χ1n) is 8.02. The fourth-order valence-corrected chi connectivity index (χ4v) is 6.14. The standard InChI is InChI=1S/C16H18ClN3O5S2/c1-26(22,23)9-13(21)11-5-6-20(16(11)18)27(24,25)14-4-2-3-10-7-19-8-12(17)15(10)14/h2-4,7-8,11,16H,5-6,9,18H2,1H3/t11?,16-/m1/s1. The first-order chi connectivity index (χ1) is 12.5. The Hall–Kier alpha value is -1.59. The zero-order chi connectivity index (χ0) is 20.0. The van der Waals surface area contributed by atoms with E-state index in [4.69, 9.17) is 17.3 Å². The Morgan fingerprint density at radius 2 is 2.00 bits per heavy atom. The van der Waals surface area contributed by atoms with Gasteiger partial charge in [0, 0.05) is 41.9 Å². The Morgan fingerprint density at radius 1 is 1.30 bits per heavy atom. The molecule has 0 spiro atoms. The molecule has 0 amide bonds. The third-order valence-corrected chi connectivity index (χ3v) is 7.54. The number of benzene rings is 1. The van der Waals surface area contributed by atoms with Gasteiger partial charge in [-0.1, -0.05) is 23.7 Å². The van der Waals surface area contributed by atoms with Crippen LogP contribution in [0.3, 0.4) is 0 Å². The molecule has 1 fully saturated rings. The number of Topliss-reactive ketones (excluding diaryl/α,β-unsaturated/α-hetero) is 1. The number of nitrogens with zero attached hydrogens (tertiary/aromatic N) is 2. The van der Waals surface area contributed by atoms with E-state index in [-0.39, 0.29) is 22.9 Å². The van der Waals surface area contributed by atoms with E-state index in [0.717, 1.165) is 10.6 Å². The molecule has 0 radical (unpaired) electrons. The summed E-state index contributed by atoms with van der Waals surface area (Å²) in [6.45, 7) is 0.0166. The quantitative estimate of drug-likeness (QED) is 0.741. The number of hydrogen-bond acceptors (Lipinski definition) is 7. The lowest BCUT2D eigenvalue weighted by molar-refractivity contribution is -0.120. The van der Waals surface area contributed by atoms with Crippen molar-refractivity contribution in [3.63, 3.8) is 0 Å². The van der Waals surface area contributed by atoms with Gasteiger partial charge in [0.05, 0.1) is 16.1 Å². The summed E-state index contributed by atoms with van der Waals surface area (Å²) in [5.41, 5.74) is 6.03. The number of sulfone groups is 1. The summed E-state index contributed by atoms with van der Waals surface area (Å²) >= 11 is 6.17. The van der Waals surface area contributed by atoms with Crippen LogP contribution in [0.2, 0.25) is 5.02 Å². The smallest absolute Gasteiger partial charge is 0.245 e. The summed E-state index contributed by atoms with van der Waals surface area (Å²) in [6.07, 6.45) is 2.83. The summed E-state index contributed by atoms with van der Waals surface area (Å²) in [5, 5.41) is 1.07. The minimum Gasteiger partial charge on any atom is -0.314 e. The lowest BCUT2D eigenvalue weighted by Crippen LogP contribution is -2.46. The van der Waals surface area contributed by atoms with Crippen LogP contribution < -0.4 is 5.73 Å². The second-order valence-corrected chi connectivity index (χ2v) is 10.9. The average molecular weight is 432 g/mol. The highest BCUT2D eigenvalue weighted by molar-refractivity contribution is 7.91. The van der Waals surface area contributed by atoms with E-state index in [1.807, 2.05) is 0 Å². The van der Waals surface area contributed by atoms with Gasteiger partial charge in [0.1, 0.15) is 5.75 Å². The van der Waals surface area contributed by atoms with Crippen molar-refractivity contribution in [1.82, 2.24) is 9.29 Å². The zero-order valence-electron chi connectivity index (χ0n) is 14.4. The van der Waals surface area contributed by atoms with E-state index in [1.54, 1.807) is 12.1 Å². The van der Waals surface area contributed by atoms with Crippen LogP contribution in [0.1, 0.15) is 6.42 Å². The molecule has 1 aliphatic rings. The minimum atomic E-state index is -4.05. The number of nitrogens with two attached hydrogens (primary N) is 1. The molecule has 2 atom stereocenters. The van der Waals surface area contributed by atoms with Crippen molar-refractivity contribution in [3.8, 4) is 0 Å². The highest BCUT2D eigenvalue weighted by atomic mass is 35.5. The van der Waals surface area contributed by atoms with Crippen LogP contribution in [0.4, 0.5) is 0 Å². The number of carbonyl (C=O) groups excluding carboxylic acids is 1. The molecule has 1 aliphatic heterocycles. The summed E-state index contributed by atoms with van der Waals surface area (Å²) in [6, 6.07) is 4.68. The van der Waals surface area contributed by atoms with Crippen LogP contribution in [0, 0.1) is 5.92 Å². The van der Waals surface area contributed by atoms with Gasteiger partial charge in [0.2, 0.25) is 10.0 Å². The second kappa shape index (κ2) is 7.10. The lowest BCUT2D eigenvalue weighted by atomic mass is 10.0. The molecule has 1 aromatic carbocycles. The average Bonchev–Trinajstić information content (AvgIpc) is 2.95. The Morgan fingerprint density at radius 3 is 2.67 bits per heavy atom. The first-order valence-corrected chi connectivity index (χ1v) is 11.9. The van der Waals surface area contributed by atoms with E-state index in [1.165, 1.54) is 18.5 Å². The number of aromatic nitrogens is 1. The normalized spacial score (nSPS) is 21.6. The Labute approximate surface area is 162 Å². The number of halogens is 1. The molecular weight excluding hydrogens is 414 g/mol. The number of ketones is 1. The second-order valence-electron chi connectivity index (χ2n) is 6.51. The van der Waals surface area contributed by atoms with Gasteiger partial charge in [-0.15, -0.1) is 0 Å². The van der Waals surface area contributed by atoms with Crippen LogP contribution >= 0.6 is 11.6 Å². The highest BCUT2D eigenvalue weighted by Gasteiger charge is 2.43. The van der Waals surface area contributed by atoms with Crippen molar-refractivity contribution in [2.75, 3.05) is 18.6 Å². The number of rotatable bonds is 5. The maximum absolute atomic E-state index is 13.2. The third kappa shape index (κ3) is 3.85. The van der Waals surface area contributed by atoms with E-state index in [2.05, 4.69) is 4.98 Å². The first kappa shape index (κ1) is 20.2. The fraction of sp³-hybridized carbons (Fsp3) is 0.375. The molecule has 8 nitrogen and oxygen atoms in total. The summed E-state index contributed by atoms with van der Waals surface area (Å²) in [7, 11) is -7.57. The predicted molar refractivity (Wildman–Crippen MR) is 101 cm³/mol. The Kier molecular flexibility index (Phi) is 5.30. The number of sulfonamides is 1. The summed E-state index contributed by atoms with van der Waals surface area (Å²) < 4.78 is 50.2. The van der Waals surface area contributed by atoms with Crippen molar-refractivity contribution in [2.45, 2.75) is 17.5 Å². The van der Waals surface area contributed by atoms with Gasteiger partial charge in [0.25, 0.3) is 0 Å². The van der Waals surface area contributed by atoms with Gasteiger partial charge in [-0.2, -0.15) is 4.31 Å². The lowest BCUT2D eigenvalue weighted by Gasteiger charge is -2.24. The van der Waals surface area contributed by atoms with Crippen LogP contribution in [-0.4, -0.2) is 56.6 Å². The minimum absolute atomic E-state index is 0.0166. The molecule has 0 saturated carbocycles. The molecule has 2 heterocycles. The molecule has 2 N–H and O–H groups in total. The maximum atomic E-state index is 13.2. The molecule has 1 saturated heterocycles. The molecule has 11 heteroatoms. The van der Waals surface area contributed by atoms with Gasteiger partial charge in [-0.05, 0) is 12.5 Å².